The Hall–Kier alpha value is -0.830. The van der Waals surface area contributed by atoms with Crippen LogP contribution >= 0.6 is 15.9 Å². The van der Waals surface area contributed by atoms with Gasteiger partial charge in [0.05, 0.1) is 5.69 Å². The van der Waals surface area contributed by atoms with Crippen LogP contribution in [0.4, 0.5) is 5.69 Å². The number of hydrogen-bond acceptors (Lipinski definition) is 2. The highest BCUT2D eigenvalue weighted by Crippen LogP contribution is 2.31. The van der Waals surface area contributed by atoms with Gasteiger partial charge in [-0.25, -0.2) is 0 Å². The first-order valence-corrected chi connectivity index (χ1v) is 7.46. The van der Waals surface area contributed by atoms with E-state index in [1.54, 1.807) is 6.92 Å². The summed E-state index contributed by atoms with van der Waals surface area (Å²) in [4.78, 5) is 13.8. The van der Waals surface area contributed by atoms with Crippen molar-refractivity contribution in [3.8, 4) is 0 Å². The average Bonchev–Trinajstić information content (AvgIpc) is 2.38. The molecule has 1 aromatic carbocycles. The largest absolute Gasteiger partial charge is 0.370 e. The lowest BCUT2D eigenvalue weighted by Crippen LogP contribution is -2.35. The van der Waals surface area contributed by atoms with E-state index < -0.39 is 0 Å². The molecule has 1 unspecified atom stereocenters. The van der Waals surface area contributed by atoms with Crippen LogP contribution in [0, 0.1) is 5.92 Å². The fraction of sp³-hybridized carbons (Fsp3) is 0.533. The van der Waals surface area contributed by atoms with Gasteiger partial charge in [0, 0.05) is 23.1 Å². The SMILES string of the molecule is CCC1CCCN(c2ccc(C(C)=O)cc2Br)C1. The molecule has 0 bridgehead atoms. The second-order valence-electron chi connectivity index (χ2n) is 5.08. The van der Waals surface area contributed by atoms with Crippen molar-refractivity contribution in [3.63, 3.8) is 0 Å². The number of halogens is 1. The summed E-state index contributed by atoms with van der Waals surface area (Å²) in [6, 6.07) is 5.93. The lowest BCUT2D eigenvalue weighted by molar-refractivity contribution is 0.101. The predicted octanol–water partition coefficient (Wildman–Crippen LogP) is 4.28. The summed E-state index contributed by atoms with van der Waals surface area (Å²) in [7, 11) is 0. The molecule has 1 aromatic rings. The number of hydrogen-bond donors (Lipinski definition) is 0. The molecule has 0 amide bonds. The Bertz CT molecular complexity index is 444. The predicted molar refractivity (Wildman–Crippen MR) is 79.4 cm³/mol. The number of rotatable bonds is 3. The highest BCUT2D eigenvalue weighted by molar-refractivity contribution is 9.10. The lowest BCUT2D eigenvalue weighted by atomic mass is 9.95. The summed E-state index contributed by atoms with van der Waals surface area (Å²) < 4.78 is 1.03. The summed E-state index contributed by atoms with van der Waals surface area (Å²) in [5.41, 5.74) is 1.99. The molecule has 98 valence electrons. The third-order valence-electron chi connectivity index (χ3n) is 3.79. The summed E-state index contributed by atoms with van der Waals surface area (Å²) in [6.45, 7) is 6.13. The molecule has 1 saturated heterocycles. The molecule has 18 heavy (non-hydrogen) atoms. The van der Waals surface area contributed by atoms with Crippen LogP contribution in [-0.4, -0.2) is 18.9 Å². The minimum absolute atomic E-state index is 0.118. The van der Waals surface area contributed by atoms with E-state index in [0.717, 1.165) is 29.0 Å². The number of ketones is 1. The fourth-order valence-electron chi connectivity index (χ4n) is 2.60. The smallest absolute Gasteiger partial charge is 0.159 e. The Morgan fingerprint density at radius 1 is 1.50 bits per heavy atom. The number of benzene rings is 1. The molecular weight excluding hydrogens is 290 g/mol. The number of anilines is 1. The highest BCUT2D eigenvalue weighted by Gasteiger charge is 2.20. The molecule has 1 heterocycles. The molecule has 1 fully saturated rings. The first kappa shape index (κ1) is 13.6. The molecule has 1 aliphatic heterocycles. The Balaban J connectivity index is 2.20. The molecule has 3 heteroatoms. The van der Waals surface area contributed by atoms with Gasteiger partial charge >= 0.3 is 0 Å². The van der Waals surface area contributed by atoms with Gasteiger partial charge in [0.1, 0.15) is 0 Å². The van der Waals surface area contributed by atoms with Gasteiger partial charge in [0.2, 0.25) is 0 Å². The van der Waals surface area contributed by atoms with E-state index >= 15 is 0 Å². The van der Waals surface area contributed by atoms with Crippen molar-refractivity contribution < 1.29 is 4.79 Å². The first-order valence-electron chi connectivity index (χ1n) is 6.67. The van der Waals surface area contributed by atoms with E-state index in [1.807, 2.05) is 12.1 Å². The van der Waals surface area contributed by atoms with Gasteiger partial charge in [-0.3, -0.25) is 4.79 Å². The maximum atomic E-state index is 11.3. The van der Waals surface area contributed by atoms with Crippen LogP contribution in [0.1, 0.15) is 43.5 Å². The molecule has 2 rings (SSSR count). The highest BCUT2D eigenvalue weighted by atomic mass is 79.9. The minimum atomic E-state index is 0.118. The van der Waals surface area contributed by atoms with Gasteiger partial charge in [-0.15, -0.1) is 0 Å². The third kappa shape index (κ3) is 2.94. The van der Waals surface area contributed by atoms with Crippen LogP contribution in [0.25, 0.3) is 0 Å². The number of Topliss-reactive ketones (excluding diaryl/α,β-unsaturated/α-hetero) is 1. The molecule has 0 N–H and O–H groups in total. The van der Waals surface area contributed by atoms with Crippen molar-refractivity contribution in [2.24, 2.45) is 5.92 Å². The van der Waals surface area contributed by atoms with Crippen molar-refractivity contribution in [2.45, 2.75) is 33.1 Å². The second-order valence-corrected chi connectivity index (χ2v) is 5.94. The van der Waals surface area contributed by atoms with E-state index in [2.05, 4.69) is 33.8 Å². The summed E-state index contributed by atoms with van der Waals surface area (Å²) >= 11 is 3.60. The monoisotopic (exact) mass is 309 g/mol. The van der Waals surface area contributed by atoms with Crippen LogP contribution in [0.3, 0.4) is 0 Å². The number of nitrogens with zero attached hydrogens (tertiary/aromatic N) is 1. The van der Waals surface area contributed by atoms with Gasteiger partial charge in [-0.1, -0.05) is 13.3 Å². The van der Waals surface area contributed by atoms with E-state index in [0.29, 0.717) is 0 Å². The van der Waals surface area contributed by atoms with Gasteiger partial charge in [0.25, 0.3) is 0 Å². The normalized spacial score (nSPS) is 19.9. The molecule has 0 saturated carbocycles. The zero-order valence-corrected chi connectivity index (χ0v) is 12.7. The number of carbonyl (C=O) groups is 1. The molecule has 0 aliphatic carbocycles. The van der Waals surface area contributed by atoms with Crippen molar-refractivity contribution in [3.05, 3.63) is 28.2 Å². The average molecular weight is 310 g/mol. The third-order valence-corrected chi connectivity index (χ3v) is 4.43. The van der Waals surface area contributed by atoms with Gasteiger partial charge in [0.15, 0.2) is 5.78 Å². The van der Waals surface area contributed by atoms with Crippen molar-refractivity contribution in [1.29, 1.82) is 0 Å². The summed E-state index contributed by atoms with van der Waals surface area (Å²) in [6.07, 6.45) is 3.86. The Morgan fingerprint density at radius 2 is 2.28 bits per heavy atom. The summed E-state index contributed by atoms with van der Waals surface area (Å²) in [5.74, 6) is 0.922. The van der Waals surface area contributed by atoms with Crippen LogP contribution in [0.15, 0.2) is 22.7 Å². The van der Waals surface area contributed by atoms with Crippen molar-refractivity contribution >= 4 is 27.4 Å². The number of carbonyl (C=O) groups excluding carboxylic acids is 1. The molecule has 2 nitrogen and oxygen atoms in total. The minimum Gasteiger partial charge on any atom is -0.370 e. The van der Waals surface area contributed by atoms with E-state index in [4.69, 9.17) is 0 Å². The second kappa shape index (κ2) is 5.87. The van der Waals surface area contributed by atoms with Crippen LogP contribution in [-0.2, 0) is 0 Å². The first-order chi connectivity index (χ1) is 8.61. The molecule has 1 aliphatic rings. The standard InChI is InChI=1S/C15H20BrNO/c1-3-12-5-4-8-17(10-12)15-7-6-13(11(2)18)9-14(15)16/h6-7,9,12H,3-5,8,10H2,1-2H3. The topological polar surface area (TPSA) is 20.3 Å². The van der Waals surface area contributed by atoms with Crippen molar-refractivity contribution in [1.82, 2.24) is 0 Å². The van der Waals surface area contributed by atoms with Crippen LogP contribution in [0.2, 0.25) is 0 Å². The molecule has 0 aromatic heterocycles. The van der Waals surface area contributed by atoms with E-state index in [9.17, 15) is 4.79 Å². The maximum Gasteiger partial charge on any atom is 0.159 e. The Labute approximate surface area is 117 Å². The zero-order chi connectivity index (χ0) is 13.1. The maximum absolute atomic E-state index is 11.3. The quantitative estimate of drug-likeness (QED) is 0.777. The molecule has 1 atom stereocenters. The van der Waals surface area contributed by atoms with Gasteiger partial charge in [-0.2, -0.15) is 0 Å². The van der Waals surface area contributed by atoms with Crippen molar-refractivity contribution in [2.75, 3.05) is 18.0 Å². The molecular formula is C15H20BrNO. The number of piperidine rings is 1. The Morgan fingerprint density at radius 3 is 2.89 bits per heavy atom. The Kier molecular flexibility index (Phi) is 4.44. The van der Waals surface area contributed by atoms with E-state index in [-0.39, 0.29) is 5.78 Å². The van der Waals surface area contributed by atoms with Crippen LogP contribution in [0.5, 0.6) is 0 Å². The van der Waals surface area contributed by atoms with Gasteiger partial charge < -0.3 is 4.90 Å². The summed E-state index contributed by atoms with van der Waals surface area (Å²) in [5, 5.41) is 0. The van der Waals surface area contributed by atoms with Gasteiger partial charge in [-0.05, 0) is 59.8 Å². The van der Waals surface area contributed by atoms with Crippen LogP contribution < -0.4 is 4.90 Å². The lowest BCUT2D eigenvalue weighted by Gasteiger charge is -2.34. The zero-order valence-electron chi connectivity index (χ0n) is 11.1. The van der Waals surface area contributed by atoms with E-state index in [1.165, 1.54) is 24.9 Å². The molecule has 0 radical (unpaired) electrons. The molecule has 0 spiro atoms. The fourth-order valence-corrected chi connectivity index (χ4v) is 3.23.